The van der Waals surface area contributed by atoms with Crippen molar-refractivity contribution < 1.29 is 9.32 Å². The Morgan fingerprint density at radius 3 is 2.82 bits per heavy atom. The molecule has 0 N–H and O–H groups in total. The van der Waals surface area contributed by atoms with E-state index in [1.165, 1.54) is 0 Å². The summed E-state index contributed by atoms with van der Waals surface area (Å²) in [6, 6.07) is 5.54. The minimum absolute atomic E-state index is 0.0532. The van der Waals surface area contributed by atoms with Gasteiger partial charge in [0, 0.05) is 29.6 Å². The Bertz CT molecular complexity index is 711. The number of carbonyl (C=O) groups excluding carboxylic acids is 1. The molecule has 6 heteroatoms. The van der Waals surface area contributed by atoms with Crippen molar-refractivity contribution in [1.82, 2.24) is 10.1 Å². The second-order valence-electron chi connectivity index (χ2n) is 5.98. The second kappa shape index (κ2) is 5.72. The molecule has 1 aromatic carbocycles. The van der Waals surface area contributed by atoms with E-state index in [0.29, 0.717) is 29.7 Å². The average molecular weight is 320 g/mol. The van der Waals surface area contributed by atoms with E-state index < -0.39 is 0 Å². The van der Waals surface area contributed by atoms with Crippen LogP contribution in [0.1, 0.15) is 49.4 Å². The van der Waals surface area contributed by atoms with Gasteiger partial charge in [0.25, 0.3) is 0 Å². The highest BCUT2D eigenvalue weighted by Crippen LogP contribution is 2.33. The number of hydrogen-bond donors (Lipinski definition) is 0. The Kier molecular flexibility index (Phi) is 3.91. The summed E-state index contributed by atoms with van der Waals surface area (Å²) in [7, 11) is 0. The number of carbonyl (C=O) groups is 1. The molecule has 5 nitrogen and oxygen atoms in total. The van der Waals surface area contributed by atoms with Crippen molar-refractivity contribution in [2.24, 2.45) is 0 Å². The Balaban J connectivity index is 1.83. The molecule has 0 aliphatic carbocycles. The summed E-state index contributed by atoms with van der Waals surface area (Å²) in [6.45, 7) is 6.53. The van der Waals surface area contributed by atoms with Gasteiger partial charge >= 0.3 is 0 Å². The van der Waals surface area contributed by atoms with Crippen molar-refractivity contribution in [1.29, 1.82) is 0 Å². The van der Waals surface area contributed by atoms with E-state index >= 15 is 0 Å². The van der Waals surface area contributed by atoms with Gasteiger partial charge in [-0.2, -0.15) is 4.98 Å². The molecule has 0 radical (unpaired) electrons. The number of halogens is 1. The zero-order chi connectivity index (χ0) is 15.9. The van der Waals surface area contributed by atoms with E-state index in [4.69, 9.17) is 16.1 Å². The summed E-state index contributed by atoms with van der Waals surface area (Å²) in [5.41, 5.74) is 1.87. The number of aryl methyl sites for hydroxylation is 1. The van der Waals surface area contributed by atoms with Crippen LogP contribution in [-0.2, 0) is 4.79 Å². The molecule has 1 aromatic heterocycles. The third-order valence-electron chi connectivity index (χ3n) is 3.90. The van der Waals surface area contributed by atoms with E-state index in [1.807, 2.05) is 32.9 Å². The van der Waals surface area contributed by atoms with E-state index in [0.717, 1.165) is 11.3 Å². The van der Waals surface area contributed by atoms with Crippen LogP contribution in [0.3, 0.4) is 0 Å². The van der Waals surface area contributed by atoms with Crippen molar-refractivity contribution in [2.75, 3.05) is 11.4 Å². The molecular weight excluding hydrogens is 302 g/mol. The molecule has 2 aromatic rings. The molecule has 1 saturated heterocycles. The Labute approximate surface area is 134 Å². The number of rotatable bonds is 3. The number of nitrogens with zero attached hydrogens (tertiary/aromatic N) is 3. The molecule has 1 aliphatic heterocycles. The molecule has 22 heavy (non-hydrogen) atoms. The Morgan fingerprint density at radius 2 is 2.18 bits per heavy atom. The topological polar surface area (TPSA) is 59.2 Å². The summed E-state index contributed by atoms with van der Waals surface area (Å²) in [5.74, 6) is 1.46. The van der Waals surface area contributed by atoms with Gasteiger partial charge in [0.05, 0.1) is 5.92 Å². The summed E-state index contributed by atoms with van der Waals surface area (Å²) >= 11 is 5.98. The lowest BCUT2D eigenvalue weighted by atomic mass is 10.1. The average Bonchev–Trinajstić information content (AvgIpc) is 3.06. The number of amides is 1. The SMILES string of the molecule is Cc1cc(Cl)ccc1N1CC(c2nc(C(C)C)no2)CC1=O. The van der Waals surface area contributed by atoms with E-state index in [1.54, 1.807) is 11.0 Å². The van der Waals surface area contributed by atoms with Crippen LogP contribution < -0.4 is 4.90 Å². The zero-order valence-electron chi connectivity index (χ0n) is 12.8. The van der Waals surface area contributed by atoms with Gasteiger partial charge in [0.15, 0.2) is 5.82 Å². The molecule has 0 bridgehead atoms. The summed E-state index contributed by atoms with van der Waals surface area (Å²) < 4.78 is 5.33. The Hall–Kier alpha value is -1.88. The normalized spacial score (nSPS) is 18.5. The van der Waals surface area contributed by atoms with E-state index in [9.17, 15) is 4.79 Å². The maximum atomic E-state index is 12.3. The number of aromatic nitrogens is 2. The maximum absolute atomic E-state index is 12.3. The number of anilines is 1. The standard InChI is InChI=1S/C16H18ClN3O2/c1-9(2)15-18-16(22-19-15)11-7-14(21)20(8-11)13-5-4-12(17)6-10(13)3/h4-6,9,11H,7-8H2,1-3H3. The summed E-state index contributed by atoms with van der Waals surface area (Å²) in [6.07, 6.45) is 0.391. The van der Waals surface area contributed by atoms with Gasteiger partial charge in [0.2, 0.25) is 11.8 Å². The number of hydrogen-bond acceptors (Lipinski definition) is 4. The highest BCUT2D eigenvalue weighted by Gasteiger charge is 2.35. The first-order valence-corrected chi connectivity index (χ1v) is 7.73. The highest BCUT2D eigenvalue weighted by atomic mass is 35.5. The quantitative estimate of drug-likeness (QED) is 0.866. The van der Waals surface area contributed by atoms with Crippen LogP contribution in [0.2, 0.25) is 5.02 Å². The maximum Gasteiger partial charge on any atom is 0.232 e. The summed E-state index contributed by atoms with van der Waals surface area (Å²) in [5, 5.41) is 4.65. The first-order valence-electron chi connectivity index (χ1n) is 7.35. The second-order valence-corrected chi connectivity index (χ2v) is 6.42. The van der Waals surface area contributed by atoms with Crippen LogP contribution in [0.25, 0.3) is 0 Å². The minimum Gasteiger partial charge on any atom is -0.339 e. The van der Waals surface area contributed by atoms with Crippen molar-refractivity contribution in [3.05, 3.63) is 40.5 Å². The molecule has 1 unspecified atom stereocenters. The van der Waals surface area contributed by atoms with Crippen LogP contribution in [0.15, 0.2) is 22.7 Å². The summed E-state index contributed by atoms with van der Waals surface area (Å²) in [4.78, 5) is 18.5. The first-order chi connectivity index (χ1) is 10.5. The van der Waals surface area contributed by atoms with Crippen LogP contribution in [-0.4, -0.2) is 22.6 Å². The van der Waals surface area contributed by atoms with Gasteiger partial charge in [-0.25, -0.2) is 0 Å². The lowest BCUT2D eigenvalue weighted by molar-refractivity contribution is -0.117. The molecule has 1 aliphatic rings. The van der Waals surface area contributed by atoms with Crippen molar-refractivity contribution in [3.63, 3.8) is 0 Å². The smallest absolute Gasteiger partial charge is 0.232 e. The largest absolute Gasteiger partial charge is 0.339 e. The third kappa shape index (κ3) is 2.73. The predicted octanol–water partition coefficient (Wildman–Crippen LogP) is 3.68. The lowest BCUT2D eigenvalue weighted by Gasteiger charge is -2.18. The van der Waals surface area contributed by atoms with Crippen LogP contribution in [0.5, 0.6) is 0 Å². The molecular formula is C16H18ClN3O2. The van der Waals surface area contributed by atoms with Crippen LogP contribution in [0.4, 0.5) is 5.69 Å². The zero-order valence-corrected chi connectivity index (χ0v) is 13.6. The van der Waals surface area contributed by atoms with E-state index in [-0.39, 0.29) is 17.7 Å². The van der Waals surface area contributed by atoms with Crippen molar-refractivity contribution in [3.8, 4) is 0 Å². The van der Waals surface area contributed by atoms with Gasteiger partial charge < -0.3 is 9.42 Å². The fraction of sp³-hybridized carbons (Fsp3) is 0.438. The molecule has 1 amide bonds. The molecule has 2 heterocycles. The first kappa shape index (κ1) is 15.0. The molecule has 116 valence electrons. The van der Waals surface area contributed by atoms with Gasteiger partial charge in [-0.15, -0.1) is 0 Å². The fourth-order valence-electron chi connectivity index (χ4n) is 2.68. The molecule has 1 atom stereocenters. The third-order valence-corrected chi connectivity index (χ3v) is 4.13. The molecule has 0 spiro atoms. The fourth-order valence-corrected chi connectivity index (χ4v) is 2.90. The van der Waals surface area contributed by atoms with Gasteiger partial charge in [0.1, 0.15) is 0 Å². The predicted molar refractivity (Wildman–Crippen MR) is 84.3 cm³/mol. The van der Waals surface area contributed by atoms with Crippen molar-refractivity contribution in [2.45, 2.75) is 39.0 Å². The van der Waals surface area contributed by atoms with Gasteiger partial charge in [-0.3, -0.25) is 4.79 Å². The van der Waals surface area contributed by atoms with Crippen LogP contribution >= 0.6 is 11.6 Å². The lowest BCUT2D eigenvalue weighted by Crippen LogP contribution is -2.25. The monoisotopic (exact) mass is 319 g/mol. The molecule has 3 rings (SSSR count). The van der Waals surface area contributed by atoms with Gasteiger partial charge in [-0.1, -0.05) is 30.6 Å². The minimum atomic E-state index is -0.0532. The number of benzene rings is 1. The Morgan fingerprint density at radius 1 is 1.41 bits per heavy atom. The molecule has 1 fully saturated rings. The highest BCUT2D eigenvalue weighted by molar-refractivity contribution is 6.30. The van der Waals surface area contributed by atoms with E-state index in [2.05, 4.69) is 10.1 Å². The van der Waals surface area contributed by atoms with Gasteiger partial charge in [-0.05, 0) is 30.7 Å². The van der Waals surface area contributed by atoms with Crippen LogP contribution in [0, 0.1) is 6.92 Å². The van der Waals surface area contributed by atoms with Crippen molar-refractivity contribution >= 4 is 23.2 Å². The molecule has 0 saturated carbocycles.